The van der Waals surface area contributed by atoms with Crippen molar-refractivity contribution in [3.05, 3.63) is 62.6 Å². The van der Waals surface area contributed by atoms with Gasteiger partial charge in [-0.3, -0.25) is 0 Å². The minimum absolute atomic E-state index is 0.153. The van der Waals surface area contributed by atoms with Crippen molar-refractivity contribution in [2.45, 2.75) is 26.3 Å². The van der Waals surface area contributed by atoms with E-state index in [1.54, 1.807) is 0 Å². The van der Waals surface area contributed by atoms with Crippen LogP contribution in [0.2, 0.25) is 0 Å². The molecule has 0 aromatic heterocycles. The van der Waals surface area contributed by atoms with Crippen LogP contribution >= 0.6 is 15.9 Å². The number of rotatable bonds is 2. The molecule has 2 aromatic carbocycles. The first-order chi connectivity index (χ1) is 9.56. The third-order valence-corrected chi connectivity index (χ3v) is 4.34. The summed E-state index contributed by atoms with van der Waals surface area (Å²) in [5, 5.41) is 0. The number of benzene rings is 2. The molecule has 2 aromatic rings. The van der Waals surface area contributed by atoms with E-state index in [1.807, 2.05) is 0 Å². The normalized spacial score (nSPS) is 14.8. The van der Waals surface area contributed by atoms with E-state index in [0.29, 0.717) is 0 Å². The van der Waals surface area contributed by atoms with Gasteiger partial charge in [0.2, 0.25) is 0 Å². The Morgan fingerprint density at radius 2 is 1.95 bits per heavy atom. The highest BCUT2D eigenvalue weighted by atomic mass is 79.9. The zero-order chi connectivity index (χ0) is 14.3. The van der Waals surface area contributed by atoms with Crippen LogP contribution < -0.4 is 10.5 Å². The average Bonchev–Trinajstić information content (AvgIpc) is 2.87. The first kappa shape index (κ1) is 13.7. The fourth-order valence-electron chi connectivity index (χ4n) is 2.79. The molecule has 0 saturated carbocycles. The summed E-state index contributed by atoms with van der Waals surface area (Å²) in [6, 6.07) is 10.5. The van der Waals surface area contributed by atoms with Crippen LogP contribution in [0.5, 0.6) is 5.75 Å². The average molecular weight is 332 g/mol. The maximum atomic E-state index is 6.53. The van der Waals surface area contributed by atoms with Gasteiger partial charge in [-0.1, -0.05) is 39.7 Å². The molecule has 0 aliphatic carbocycles. The Balaban J connectivity index is 2.11. The fraction of sp³-hybridized carbons (Fsp3) is 0.294. The number of hydrogen-bond acceptors (Lipinski definition) is 2. The number of nitrogens with two attached hydrogens (primary N) is 1. The van der Waals surface area contributed by atoms with Gasteiger partial charge >= 0.3 is 0 Å². The maximum Gasteiger partial charge on any atom is 0.127 e. The number of halogens is 1. The lowest BCUT2D eigenvalue weighted by molar-refractivity contribution is 0.352. The second kappa shape index (κ2) is 5.23. The minimum Gasteiger partial charge on any atom is -0.493 e. The Morgan fingerprint density at radius 3 is 2.75 bits per heavy atom. The minimum atomic E-state index is -0.153. The van der Waals surface area contributed by atoms with Crippen LogP contribution in [-0.2, 0) is 6.42 Å². The zero-order valence-corrected chi connectivity index (χ0v) is 13.3. The summed E-state index contributed by atoms with van der Waals surface area (Å²) in [5.74, 6) is 0.974. The standard InChI is InChI=1S/C17H18BrNO/c1-10-3-4-11(2)14(7-10)16(19)15-9-13(18)8-12-5-6-20-17(12)15/h3-4,7-9,16H,5-6,19H2,1-2H3. The summed E-state index contributed by atoms with van der Waals surface area (Å²) in [5.41, 5.74) is 12.5. The van der Waals surface area contributed by atoms with Crippen molar-refractivity contribution < 1.29 is 4.74 Å². The van der Waals surface area contributed by atoms with Crippen molar-refractivity contribution >= 4 is 15.9 Å². The van der Waals surface area contributed by atoms with Gasteiger partial charge in [-0.05, 0) is 42.7 Å². The van der Waals surface area contributed by atoms with Crippen LogP contribution in [0.3, 0.4) is 0 Å². The van der Waals surface area contributed by atoms with E-state index in [-0.39, 0.29) is 6.04 Å². The van der Waals surface area contributed by atoms with Gasteiger partial charge in [-0.25, -0.2) is 0 Å². The molecule has 2 nitrogen and oxygen atoms in total. The van der Waals surface area contributed by atoms with Crippen LogP contribution in [0.25, 0.3) is 0 Å². The van der Waals surface area contributed by atoms with Gasteiger partial charge in [-0.2, -0.15) is 0 Å². The molecular weight excluding hydrogens is 314 g/mol. The second-order valence-electron chi connectivity index (χ2n) is 5.42. The quantitative estimate of drug-likeness (QED) is 0.900. The molecule has 1 atom stereocenters. The van der Waals surface area contributed by atoms with E-state index >= 15 is 0 Å². The van der Waals surface area contributed by atoms with E-state index in [0.717, 1.165) is 28.8 Å². The van der Waals surface area contributed by atoms with E-state index < -0.39 is 0 Å². The number of fused-ring (bicyclic) bond motifs is 1. The Kier molecular flexibility index (Phi) is 3.57. The Hall–Kier alpha value is -1.32. The van der Waals surface area contributed by atoms with Gasteiger partial charge in [0.1, 0.15) is 5.75 Å². The van der Waals surface area contributed by atoms with Gasteiger partial charge in [0.25, 0.3) is 0 Å². The zero-order valence-electron chi connectivity index (χ0n) is 11.7. The summed E-state index contributed by atoms with van der Waals surface area (Å²) >= 11 is 3.58. The monoisotopic (exact) mass is 331 g/mol. The van der Waals surface area contributed by atoms with Crippen LogP contribution in [0.15, 0.2) is 34.8 Å². The fourth-order valence-corrected chi connectivity index (χ4v) is 3.31. The topological polar surface area (TPSA) is 35.2 Å². The molecule has 1 unspecified atom stereocenters. The van der Waals surface area contributed by atoms with Gasteiger partial charge < -0.3 is 10.5 Å². The van der Waals surface area contributed by atoms with E-state index in [1.165, 1.54) is 22.3 Å². The van der Waals surface area contributed by atoms with E-state index in [4.69, 9.17) is 10.5 Å². The molecule has 3 rings (SSSR count). The Labute approximate surface area is 128 Å². The first-order valence-electron chi connectivity index (χ1n) is 6.84. The molecule has 1 heterocycles. The molecule has 20 heavy (non-hydrogen) atoms. The van der Waals surface area contributed by atoms with Gasteiger partial charge in [-0.15, -0.1) is 0 Å². The Morgan fingerprint density at radius 1 is 1.15 bits per heavy atom. The van der Waals surface area contributed by atoms with E-state index in [9.17, 15) is 0 Å². The molecular formula is C17H18BrNO. The van der Waals surface area contributed by atoms with Crippen molar-refractivity contribution in [1.82, 2.24) is 0 Å². The molecule has 0 spiro atoms. The second-order valence-corrected chi connectivity index (χ2v) is 6.34. The molecule has 3 heteroatoms. The van der Waals surface area contributed by atoms with Crippen LogP contribution in [0.4, 0.5) is 0 Å². The number of ether oxygens (including phenoxy) is 1. The van der Waals surface area contributed by atoms with Crippen LogP contribution in [-0.4, -0.2) is 6.61 Å². The molecule has 1 aliphatic heterocycles. The number of aryl methyl sites for hydroxylation is 2. The van der Waals surface area contributed by atoms with Gasteiger partial charge in [0, 0.05) is 16.5 Å². The summed E-state index contributed by atoms with van der Waals surface area (Å²) in [6.07, 6.45) is 0.960. The molecule has 1 aliphatic rings. The predicted molar refractivity (Wildman–Crippen MR) is 85.3 cm³/mol. The SMILES string of the molecule is Cc1ccc(C)c(C(N)c2cc(Br)cc3c2OCC3)c1. The number of hydrogen-bond donors (Lipinski definition) is 1. The smallest absolute Gasteiger partial charge is 0.127 e. The van der Waals surface area contributed by atoms with Gasteiger partial charge in [0.15, 0.2) is 0 Å². The molecule has 0 bridgehead atoms. The van der Waals surface area contributed by atoms with Crippen molar-refractivity contribution in [3.8, 4) is 5.75 Å². The van der Waals surface area contributed by atoms with Crippen molar-refractivity contribution in [1.29, 1.82) is 0 Å². The van der Waals surface area contributed by atoms with Crippen molar-refractivity contribution in [3.63, 3.8) is 0 Å². The molecule has 0 amide bonds. The summed E-state index contributed by atoms with van der Waals surface area (Å²) in [6.45, 7) is 4.95. The van der Waals surface area contributed by atoms with Crippen LogP contribution in [0, 0.1) is 13.8 Å². The summed E-state index contributed by atoms with van der Waals surface area (Å²) < 4.78 is 6.86. The molecule has 104 valence electrons. The third-order valence-electron chi connectivity index (χ3n) is 3.88. The highest BCUT2D eigenvalue weighted by Gasteiger charge is 2.23. The van der Waals surface area contributed by atoms with Crippen molar-refractivity contribution in [2.75, 3.05) is 6.61 Å². The molecule has 0 radical (unpaired) electrons. The third kappa shape index (κ3) is 2.36. The van der Waals surface area contributed by atoms with Crippen molar-refractivity contribution in [2.24, 2.45) is 5.73 Å². The molecule has 0 fully saturated rings. The lowest BCUT2D eigenvalue weighted by Gasteiger charge is -2.19. The first-order valence-corrected chi connectivity index (χ1v) is 7.63. The summed E-state index contributed by atoms with van der Waals surface area (Å²) in [4.78, 5) is 0. The van der Waals surface area contributed by atoms with Crippen LogP contribution in [0.1, 0.15) is 33.9 Å². The molecule has 0 saturated heterocycles. The maximum absolute atomic E-state index is 6.53. The van der Waals surface area contributed by atoms with E-state index in [2.05, 4.69) is 60.1 Å². The summed E-state index contributed by atoms with van der Waals surface area (Å²) in [7, 11) is 0. The Bertz CT molecular complexity index is 666. The largest absolute Gasteiger partial charge is 0.493 e. The lowest BCUT2D eigenvalue weighted by Crippen LogP contribution is -2.14. The highest BCUT2D eigenvalue weighted by molar-refractivity contribution is 9.10. The predicted octanol–water partition coefficient (Wildman–Crippen LogP) is 4.05. The highest BCUT2D eigenvalue weighted by Crippen LogP contribution is 2.38. The lowest BCUT2D eigenvalue weighted by atomic mass is 9.92. The molecule has 2 N–H and O–H groups in total. The van der Waals surface area contributed by atoms with Gasteiger partial charge in [0.05, 0.1) is 12.6 Å².